The fraction of sp³-hybridized carbons (Fsp3) is 0.286. The second-order valence-electron chi connectivity index (χ2n) is 2.45. The second-order valence-corrected chi connectivity index (χ2v) is 3.90. The van der Waals surface area contributed by atoms with Gasteiger partial charge in [0.15, 0.2) is 0 Å². The summed E-state index contributed by atoms with van der Waals surface area (Å²) in [7, 11) is 0. The molecule has 0 spiro atoms. The number of hydrogen-bond acceptors (Lipinski definition) is 6. The quantitative estimate of drug-likeness (QED) is 0.810. The van der Waals surface area contributed by atoms with Crippen LogP contribution in [-0.2, 0) is 0 Å². The summed E-state index contributed by atoms with van der Waals surface area (Å²) < 4.78 is 3.63. The van der Waals surface area contributed by atoms with Crippen LogP contribution in [0.2, 0.25) is 0 Å². The van der Waals surface area contributed by atoms with Gasteiger partial charge in [-0.25, -0.2) is 4.79 Å². The van der Waals surface area contributed by atoms with Crippen LogP contribution < -0.4 is 5.32 Å². The summed E-state index contributed by atoms with van der Waals surface area (Å²) in [6, 6.07) is -0.261. The van der Waals surface area contributed by atoms with Crippen LogP contribution in [0.5, 0.6) is 0 Å². The van der Waals surface area contributed by atoms with Crippen LogP contribution in [0.25, 0.3) is 0 Å². The molecule has 8 heteroatoms. The van der Waals surface area contributed by atoms with Gasteiger partial charge in [-0.15, -0.1) is 5.10 Å². The Hall–Kier alpha value is -0.990. The zero-order valence-electron chi connectivity index (χ0n) is 7.62. The molecule has 1 aromatic rings. The predicted molar refractivity (Wildman–Crippen MR) is 67.8 cm³/mol. The molecule has 0 bridgehead atoms. The van der Waals surface area contributed by atoms with E-state index < -0.39 is 0 Å². The van der Waals surface area contributed by atoms with Gasteiger partial charge in [-0.3, -0.25) is 5.32 Å². The van der Waals surface area contributed by atoms with Gasteiger partial charge in [0, 0.05) is 11.5 Å². The molecule has 1 N–H and O–H groups in total. The second kappa shape index (κ2) is 6.49. The molecule has 0 saturated carbocycles. The summed E-state index contributed by atoms with van der Waals surface area (Å²) in [4.78, 5) is 13.1. The molecule has 0 fully saturated rings. The van der Waals surface area contributed by atoms with E-state index in [0.29, 0.717) is 18.1 Å². The first kappa shape index (κ1) is 12.1. The molecule has 2 amide bonds. The Labute approximate surface area is 102 Å². The standard InChI is InChI=1S/C7H8N4OS3/c12-7(9-6-5-8-10-15-6)11(1-3-13)2-4-14/h3-5H,1-2H2,(H,9,12). The molecule has 0 aliphatic carbocycles. The van der Waals surface area contributed by atoms with Crippen LogP contribution in [0.1, 0.15) is 0 Å². The normalized spacial score (nSPS) is 9.33. The van der Waals surface area contributed by atoms with E-state index in [4.69, 9.17) is 24.4 Å². The van der Waals surface area contributed by atoms with Crippen LogP contribution in [-0.4, -0.2) is 44.3 Å². The molecule has 0 aromatic carbocycles. The van der Waals surface area contributed by atoms with Crippen molar-refractivity contribution in [1.29, 1.82) is 0 Å². The lowest BCUT2D eigenvalue weighted by molar-refractivity contribution is 0.225. The summed E-state index contributed by atoms with van der Waals surface area (Å²) in [6.07, 6.45) is 1.48. The third-order valence-electron chi connectivity index (χ3n) is 1.47. The average Bonchev–Trinajstić information content (AvgIpc) is 2.70. The first-order chi connectivity index (χ1) is 7.27. The number of urea groups is 1. The molecule has 0 saturated heterocycles. The molecule has 1 heterocycles. The van der Waals surface area contributed by atoms with Gasteiger partial charge in [0.25, 0.3) is 0 Å². The lowest BCUT2D eigenvalue weighted by Crippen LogP contribution is -2.37. The van der Waals surface area contributed by atoms with Gasteiger partial charge in [-0.05, 0) is 10.7 Å². The van der Waals surface area contributed by atoms with Crippen molar-refractivity contribution in [3.05, 3.63) is 6.20 Å². The molecule has 15 heavy (non-hydrogen) atoms. The Balaban J connectivity index is 2.55. The molecule has 0 radical (unpaired) electrons. The lowest BCUT2D eigenvalue weighted by atomic mass is 10.5. The SMILES string of the molecule is O=C(Nc1cnns1)N(CC=S)CC=S. The minimum atomic E-state index is -0.261. The highest BCUT2D eigenvalue weighted by Gasteiger charge is 2.11. The Morgan fingerprint density at radius 2 is 2.20 bits per heavy atom. The lowest BCUT2D eigenvalue weighted by Gasteiger charge is -2.17. The third-order valence-corrected chi connectivity index (χ3v) is 2.35. The van der Waals surface area contributed by atoms with Crippen LogP contribution in [0.3, 0.4) is 0 Å². The van der Waals surface area contributed by atoms with Crippen molar-refractivity contribution in [1.82, 2.24) is 14.5 Å². The molecule has 0 aliphatic heterocycles. The Morgan fingerprint density at radius 1 is 1.53 bits per heavy atom. The first-order valence-electron chi connectivity index (χ1n) is 3.98. The van der Waals surface area contributed by atoms with Crippen LogP contribution in [0.4, 0.5) is 9.80 Å². The van der Waals surface area contributed by atoms with Crippen molar-refractivity contribution in [3.63, 3.8) is 0 Å². The fourth-order valence-electron chi connectivity index (χ4n) is 0.827. The minimum absolute atomic E-state index is 0.261. The van der Waals surface area contributed by atoms with Crippen LogP contribution in [0, 0.1) is 0 Å². The number of carbonyl (C=O) groups excluding carboxylic acids is 1. The van der Waals surface area contributed by atoms with E-state index >= 15 is 0 Å². The fourth-order valence-corrected chi connectivity index (χ4v) is 1.60. The molecule has 0 atom stereocenters. The van der Waals surface area contributed by atoms with E-state index in [0.717, 1.165) is 11.5 Å². The maximum absolute atomic E-state index is 11.6. The Bertz CT molecular complexity index is 330. The summed E-state index contributed by atoms with van der Waals surface area (Å²) in [6.45, 7) is 0.751. The summed E-state index contributed by atoms with van der Waals surface area (Å²) >= 11 is 10.5. The van der Waals surface area contributed by atoms with Gasteiger partial charge in [0.05, 0.1) is 19.3 Å². The predicted octanol–water partition coefficient (Wildman–Crippen LogP) is 1.37. The van der Waals surface area contributed by atoms with Crippen LogP contribution in [0.15, 0.2) is 6.20 Å². The largest absolute Gasteiger partial charge is 0.323 e. The highest BCUT2D eigenvalue weighted by molar-refractivity contribution is 7.79. The van der Waals surface area contributed by atoms with E-state index in [1.54, 1.807) is 0 Å². The topological polar surface area (TPSA) is 58.1 Å². The number of carbonyl (C=O) groups is 1. The molecule has 0 aliphatic rings. The van der Waals surface area contributed by atoms with Crippen molar-refractivity contribution < 1.29 is 4.79 Å². The van der Waals surface area contributed by atoms with Crippen molar-refractivity contribution in [2.45, 2.75) is 0 Å². The summed E-state index contributed by atoms with van der Waals surface area (Å²) in [5.41, 5.74) is 0. The summed E-state index contributed by atoms with van der Waals surface area (Å²) in [5, 5.41) is 9.79. The van der Waals surface area contributed by atoms with E-state index in [9.17, 15) is 4.79 Å². The first-order valence-corrected chi connectivity index (χ1v) is 5.70. The van der Waals surface area contributed by atoms with Crippen molar-refractivity contribution in [3.8, 4) is 0 Å². The highest BCUT2D eigenvalue weighted by Crippen LogP contribution is 2.09. The number of anilines is 1. The van der Waals surface area contributed by atoms with E-state index in [2.05, 4.69) is 14.9 Å². The maximum atomic E-state index is 11.6. The number of hydrogen-bond donors (Lipinski definition) is 1. The number of nitrogens with one attached hydrogen (secondary N) is 1. The number of nitrogens with zero attached hydrogens (tertiary/aromatic N) is 3. The smallest absolute Gasteiger partial charge is 0.315 e. The Morgan fingerprint density at radius 3 is 2.67 bits per heavy atom. The number of rotatable bonds is 5. The van der Waals surface area contributed by atoms with Gasteiger partial charge < -0.3 is 4.90 Å². The zero-order valence-corrected chi connectivity index (χ0v) is 10.1. The third kappa shape index (κ3) is 3.94. The highest BCUT2D eigenvalue weighted by atomic mass is 32.1. The number of aromatic nitrogens is 2. The van der Waals surface area contributed by atoms with Gasteiger partial charge in [0.2, 0.25) is 0 Å². The molecule has 0 unspecified atom stereocenters. The van der Waals surface area contributed by atoms with Gasteiger partial charge in [-0.1, -0.05) is 28.9 Å². The molecular formula is C7H8N4OS3. The molecule has 1 aromatic heterocycles. The van der Waals surface area contributed by atoms with Gasteiger partial charge in [0.1, 0.15) is 5.00 Å². The van der Waals surface area contributed by atoms with Crippen molar-refractivity contribution in [2.24, 2.45) is 0 Å². The number of thiocarbonyl (C=S) groups is 2. The molecule has 80 valence electrons. The molecule has 1 rings (SSSR count). The molecular weight excluding hydrogens is 252 g/mol. The molecule has 5 nitrogen and oxygen atoms in total. The monoisotopic (exact) mass is 260 g/mol. The zero-order chi connectivity index (χ0) is 11.1. The van der Waals surface area contributed by atoms with E-state index in [-0.39, 0.29) is 6.03 Å². The van der Waals surface area contributed by atoms with E-state index in [1.807, 2.05) is 0 Å². The van der Waals surface area contributed by atoms with Gasteiger partial charge >= 0.3 is 6.03 Å². The average molecular weight is 260 g/mol. The number of amides is 2. The maximum Gasteiger partial charge on any atom is 0.323 e. The van der Waals surface area contributed by atoms with Crippen LogP contribution >= 0.6 is 36.0 Å². The minimum Gasteiger partial charge on any atom is -0.315 e. The van der Waals surface area contributed by atoms with Crippen molar-refractivity contribution in [2.75, 3.05) is 18.4 Å². The summed E-state index contributed by atoms with van der Waals surface area (Å²) in [5.74, 6) is 0. The van der Waals surface area contributed by atoms with Crippen molar-refractivity contribution >= 4 is 57.7 Å². The van der Waals surface area contributed by atoms with E-state index in [1.165, 1.54) is 21.8 Å². The Kier molecular flexibility index (Phi) is 5.22. The van der Waals surface area contributed by atoms with Gasteiger partial charge in [-0.2, -0.15) is 0 Å².